The number of amides is 1. The van der Waals surface area contributed by atoms with Crippen LogP contribution in [0.5, 0.6) is 5.75 Å². The maximum atomic E-state index is 13.5. The molecule has 10 heteroatoms. The molecule has 1 fully saturated rings. The minimum absolute atomic E-state index is 0.197. The maximum Gasteiger partial charge on any atom is 0.573 e. The van der Waals surface area contributed by atoms with Crippen LogP contribution in [0.2, 0.25) is 0 Å². The summed E-state index contributed by atoms with van der Waals surface area (Å²) in [6, 6.07) is 9.53. The molecule has 1 amide bonds. The first-order valence-electron chi connectivity index (χ1n) is 10.6. The van der Waals surface area contributed by atoms with Crippen molar-refractivity contribution in [1.29, 1.82) is 0 Å². The molecule has 2 aromatic carbocycles. The van der Waals surface area contributed by atoms with E-state index in [2.05, 4.69) is 14.6 Å². The van der Waals surface area contributed by atoms with E-state index in [9.17, 15) is 18.0 Å². The topological polar surface area (TPSA) is 54.9 Å². The zero-order chi connectivity index (χ0) is 23.6. The van der Waals surface area contributed by atoms with E-state index in [0.29, 0.717) is 47.2 Å². The summed E-state index contributed by atoms with van der Waals surface area (Å²) >= 11 is 1.17. The molecule has 2 heterocycles. The van der Waals surface area contributed by atoms with Gasteiger partial charge in [-0.2, -0.15) is 0 Å². The molecule has 1 saturated heterocycles. The van der Waals surface area contributed by atoms with Crippen LogP contribution in [-0.4, -0.2) is 61.5 Å². The number of carbonyl (C=O) groups excluding carboxylic acids is 1. The van der Waals surface area contributed by atoms with Gasteiger partial charge in [0.05, 0.1) is 23.4 Å². The zero-order valence-electron chi connectivity index (χ0n) is 18.3. The lowest BCUT2D eigenvalue weighted by atomic mass is 10.1. The molecule has 0 saturated carbocycles. The summed E-state index contributed by atoms with van der Waals surface area (Å²) in [4.78, 5) is 21.9. The molecule has 3 aromatic rings. The molecule has 6 nitrogen and oxygen atoms in total. The van der Waals surface area contributed by atoms with Gasteiger partial charge in [-0.15, -0.1) is 13.2 Å². The predicted molar refractivity (Wildman–Crippen MR) is 121 cm³/mol. The number of ether oxygens (including phenoxy) is 2. The minimum atomic E-state index is -4.77. The van der Waals surface area contributed by atoms with Crippen molar-refractivity contribution in [2.24, 2.45) is 0 Å². The summed E-state index contributed by atoms with van der Waals surface area (Å²) in [6.45, 7) is 7.82. The van der Waals surface area contributed by atoms with Crippen molar-refractivity contribution < 1.29 is 27.4 Å². The van der Waals surface area contributed by atoms with Crippen molar-refractivity contribution >= 4 is 32.6 Å². The van der Waals surface area contributed by atoms with Gasteiger partial charge in [-0.05, 0) is 49.2 Å². The van der Waals surface area contributed by atoms with Crippen LogP contribution in [0.3, 0.4) is 0 Å². The molecule has 1 aromatic heterocycles. The van der Waals surface area contributed by atoms with Crippen molar-refractivity contribution in [3.8, 4) is 5.75 Å². The van der Waals surface area contributed by atoms with E-state index < -0.39 is 6.36 Å². The van der Waals surface area contributed by atoms with Crippen LogP contribution in [-0.2, 0) is 4.74 Å². The largest absolute Gasteiger partial charge is 0.573 e. The molecule has 0 bridgehead atoms. The number of thiazole rings is 1. The quantitative estimate of drug-likeness (QED) is 0.509. The first kappa shape index (κ1) is 23.5. The molecule has 176 valence electrons. The average Bonchev–Trinajstić information content (AvgIpc) is 3.18. The van der Waals surface area contributed by atoms with Gasteiger partial charge < -0.3 is 9.47 Å². The summed E-state index contributed by atoms with van der Waals surface area (Å²) in [5.74, 6) is -0.511. The Morgan fingerprint density at radius 1 is 1.15 bits per heavy atom. The maximum absolute atomic E-state index is 13.5. The van der Waals surface area contributed by atoms with E-state index in [1.807, 2.05) is 26.0 Å². The fourth-order valence-corrected chi connectivity index (χ4v) is 4.60. The van der Waals surface area contributed by atoms with Crippen molar-refractivity contribution in [2.45, 2.75) is 20.2 Å². The fourth-order valence-electron chi connectivity index (χ4n) is 3.59. The summed E-state index contributed by atoms with van der Waals surface area (Å²) < 4.78 is 47.7. The number of aromatic nitrogens is 1. The average molecular weight is 480 g/mol. The monoisotopic (exact) mass is 479 g/mol. The molecular weight excluding hydrogens is 455 g/mol. The second kappa shape index (κ2) is 9.66. The lowest BCUT2D eigenvalue weighted by molar-refractivity contribution is -0.274. The Hall–Kier alpha value is -2.69. The van der Waals surface area contributed by atoms with Crippen LogP contribution in [0.4, 0.5) is 18.3 Å². The Balaban J connectivity index is 1.64. The van der Waals surface area contributed by atoms with Crippen LogP contribution in [0, 0.1) is 13.8 Å². The molecule has 0 spiro atoms. The number of hydrogen-bond acceptors (Lipinski definition) is 6. The summed E-state index contributed by atoms with van der Waals surface area (Å²) in [7, 11) is 0. The summed E-state index contributed by atoms with van der Waals surface area (Å²) in [5.41, 5.74) is 3.14. The lowest BCUT2D eigenvalue weighted by Crippen LogP contribution is -2.43. The highest BCUT2D eigenvalue weighted by atomic mass is 32.1. The lowest BCUT2D eigenvalue weighted by Gasteiger charge is -2.29. The molecule has 0 N–H and O–H groups in total. The number of fused-ring (bicyclic) bond motifs is 1. The number of carbonyl (C=O) groups is 1. The van der Waals surface area contributed by atoms with Gasteiger partial charge in [0.1, 0.15) is 5.75 Å². The van der Waals surface area contributed by atoms with E-state index in [4.69, 9.17) is 4.74 Å². The standard InChI is InChI=1S/C23H24F3N3O3S/c1-15-3-4-17(13-16(15)2)21(30)29(8-7-28-9-11-31-12-10-28)22-27-19-6-5-18(14-20(19)33-22)32-23(24,25)26/h3-6,13-14H,7-12H2,1-2H3. The van der Waals surface area contributed by atoms with Gasteiger partial charge in [-0.25, -0.2) is 4.98 Å². The van der Waals surface area contributed by atoms with Crippen molar-refractivity contribution in [3.05, 3.63) is 53.1 Å². The Labute approximate surface area is 193 Å². The predicted octanol–water partition coefficient (Wildman–Crippen LogP) is 4.79. The normalized spacial score (nSPS) is 15.1. The number of hydrogen-bond donors (Lipinski definition) is 0. The van der Waals surface area contributed by atoms with Gasteiger partial charge in [0.15, 0.2) is 5.13 Å². The van der Waals surface area contributed by atoms with Crippen LogP contribution in [0.25, 0.3) is 10.2 Å². The van der Waals surface area contributed by atoms with Gasteiger partial charge in [0.25, 0.3) is 5.91 Å². The Morgan fingerprint density at radius 2 is 1.91 bits per heavy atom. The Kier molecular flexibility index (Phi) is 6.87. The molecular formula is C23H24F3N3O3S. The second-order valence-corrected chi connectivity index (χ2v) is 8.89. The molecule has 0 atom stereocenters. The molecule has 1 aliphatic heterocycles. The number of nitrogens with zero attached hydrogens (tertiary/aromatic N) is 3. The molecule has 0 aliphatic carbocycles. The third kappa shape index (κ3) is 5.82. The van der Waals surface area contributed by atoms with Crippen molar-refractivity contribution in [2.75, 3.05) is 44.3 Å². The van der Waals surface area contributed by atoms with Crippen LogP contribution >= 0.6 is 11.3 Å². The van der Waals surface area contributed by atoms with E-state index in [0.717, 1.165) is 24.2 Å². The number of aryl methyl sites for hydroxylation is 2. The fraction of sp³-hybridized carbons (Fsp3) is 0.391. The molecule has 1 aliphatic rings. The van der Waals surface area contributed by atoms with Crippen LogP contribution < -0.4 is 9.64 Å². The van der Waals surface area contributed by atoms with Crippen LogP contribution in [0.1, 0.15) is 21.5 Å². The summed E-state index contributed by atoms with van der Waals surface area (Å²) in [5, 5.41) is 0.436. The highest BCUT2D eigenvalue weighted by Gasteiger charge is 2.31. The van der Waals surface area contributed by atoms with Gasteiger partial charge >= 0.3 is 6.36 Å². The number of morpholine rings is 1. The smallest absolute Gasteiger partial charge is 0.406 e. The third-order valence-corrected chi connectivity index (χ3v) is 6.60. The minimum Gasteiger partial charge on any atom is -0.406 e. The van der Waals surface area contributed by atoms with E-state index >= 15 is 0 Å². The van der Waals surface area contributed by atoms with Crippen LogP contribution in [0.15, 0.2) is 36.4 Å². The van der Waals surface area contributed by atoms with Gasteiger partial charge in [0, 0.05) is 37.8 Å². The van der Waals surface area contributed by atoms with E-state index in [1.54, 1.807) is 11.0 Å². The number of rotatable bonds is 6. The van der Waals surface area contributed by atoms with Crippen molar-refractivity contribution in [1.82, 2.24) is 9.88 Å². The van der Waals surface area contributed by atoms with Crippen molar-refractivity contribution in [3.63, 3.8) is 0 Å². The van der Waals surface area contributed by atoms with Gasteiger partial charge in [0.2, 0.25) is 0 Å². The summed E-state index contributed by atoms with van der Waals surface area (Å²) in [6.07, 6.45) is -4.77. The van der Waals surface area contributed by atoms with E-state index in [1.165, 1.54) is 29.5 Å². The number of halogens is 3. The first-order chi connectivity index (χ1) is 15.7. The van der Waals surface area contributed by atoms with Gasteiger partial charge in [-0.1, -0.05) is 17.4 Å². The molecule has 0 radical (unpaired) electrons. The first-order valence-corrected chi connectivity index (χ1v) is 11.4. The Morgan fingerprint density at radius 3 is 2.61 bits per heavy atom. The number of benzene rings is 2. The zero-order valence-corrected chi connectivity index (χ0v) is 19.1. The number of anilines is 1. The van der Waals surface area contributed by atoms with Gasteiger partial charge in [-0.3, -0.25) is 14.6 Å². The third-order valence-electron chi connectivity index (χ3n) is 5.56. The molecule has 0 unspecified atom stereocenters. The second-order valence-electron chi connectivity index (χ2n) is 7.88. The highest BCUT2D eigenvalue weighted by Crippen LogP contribution is 2.34. The van der Waals surface area contributed by atoms with E-state index in [-0.39, 0.29) is 11.7 Å². The SMILES string of the molecule is Cc1ccc(C(=O)N(CCN2CCOCC2)c2nc3ccc(OC(F)(F)F)cc3s2)cc1C. The molecule has 4 rings (SSSR count). The molecule has 33 heavy (non-hydrogen) atoms. The number of alkyl halides is 3. The Bertz CT molecular complexity index is 1140. The highest BCUT2D eigenvalue weighted by molar-refractivity contribution is 7.22.